The molecule has 1 aromatic heterocycles. The first-order chi connectivity index (χ1) is 6.27. The number of carbonyl (C=O) groups is 1. The molecule has 2 rings (SSSR count). The zero-order valence-electron chi connectivity index (χ0n) is 7.45. The van der Waals surface area contributed by atoms with E-state index in [1.165, 1.54) is 11.3 Å². The largest absolute Gasteiger partial charge is 0.381 e. The van der Waals surface area contributed by atoms with Gasteiger partial charge in [0.1, 0.15) is 0 Å². The first-order valence-corrected chi connectivity index (χ1v) is 5.13. The van der Waals surface area contributed by atoms with Gasteiger partial charge in [-0.15, -0.1) is 11.3 Å². The third kappa shape index (κ3) is 1.78. The maximum absolute atomic E-state index is 11.8. The minimum atomic E-state index is 0.0693. The highest BCUT2D eigenvalue weighted by Crippen LogP contribution is 2.21. The van der Waals surface area contributed by atoms with Gasteiger partial charge in [-0.25, -0.2) is 4.98 Å². The molecule has 1 fully saturated rings. The van der Waals surface area contributed by atoms with Gasteiger partial charge in [-0.3, -0.25) is 4.79 Å². The number of ether oxygens (including phenoxy) is 1. The fraction of sp³-hybridized carbons (Fsp3) is 0.556. The Bertz CT molecular complexity index is 315. The van der Waals surface area contributed by atoms with Gasteiger partial charge in [0.15, 0.2) is 5.78 Å². The number of rotatable bonds is 2. The number of ketones is 1. The average Bonchev–Trinajstić information content (AvgIpc) is 2.72. The normalized spacial score (nSPS) is 22.1. The van der Waals surface area contributed by atoms with Gasteiger partial charge in [-0.2, -0.15) is 0 Å². The molecule has 1 aromatic rings. The van der Waals surface area contributed by atoms with Crippen molar-refractivity contribution in [1.82, 2.24) is 4.98 Å². The molecule has 0 radical (unpaired) electrons. The van der Waals surface area contributed by atoms with Crippen molar-refractivity contribution in [3.63, 3.8) is 0 Å². The minimum absolute atomic E-state index is 0.0693. The fourth-order valence-corrected chi connectivity index (χ4v) is 2.21. The van der Waals surface area contributed by atoms with E-state index in [-0.39, 0.29) is 11.7 Å². The summed E-state index contributed by atoms with van der Waals surface area (Å²) in [5, 5.41) is 0.947. The van der Waals surface area contributed by atoms with E-state index in [0.29, 0.717) is 13.2 Å². The molecule has 2 heterocycles. The molecule has 1 unspecified atom stereocenters. The molecule has 1 aliphatic heterocycles. The number of nitrogens with zero attached hydrogens (tertiary/aromatic N) is 1. The van der Waals surface area contributed by atoms with E-state index in [2.05, 4.69) is 4.98 Å². The first kappa shape index (κ1) is 8.84. The number of thiazole rings is 1. The molecule has 13 heavy (non-hydrogen) atoms. The Kier molecular flexibility index (Phi) is 2.42. The molecule has 0 amide bonds. The van der Waals surface area contributed by atoms with Crippen molar-refractivity contribution < 1.29 is 9.53 Å². The lowest BCUT2D eigenvalue weighted by molar-refractivity contribution is 0.0904. The third-order valence-electron chi connectivity index (χ3n) is 2.16. The van der Waals surface area contributed by atoms with Crippen LogP contribution in [0.2, 0.25) is 0 Å². The van der Waals surface area contributed by atoms with Crippen LogP contribution in [-0.4, -0.2) is 24.0 Å². The lowest BCUT2D eigenvalue weighted by atomic mass is 10.0. The van der Waals surface area contributed by atoms with Gasteiger partial charge in [-0.1, -0.05) is 0 Å². The number of aromatic nitrogens is 1. The molecule has 0 N–H and O–H groups in total. The number of aryl methyl sites for hydroxylation is 1. The summed E-state index contributed by atoms with van der Waals surface area (Å²) in [7, 11) is 0. The molecule has 1 saturated heterocycles. The molecular weight excluding hydrogens is 186 g/mol. The summed E-state index contributed by atoms with van der Waals surface area (Å²) in [6.07, 6.45) is 2.52. The van der Waals surface area contributed by atoms with Gasteiger partial charge >= 0.3 is 0 Å². The van der Waals surface area contributed by atoms with Crippen LogP contribution in [0.15, 0.2) is 6.20 Å². The number of carbonyl (C=O) groups excluding carboxylic acids is 1. The molecule has 4 heteroatoms. The Labute approximate surface area is 80.8 Å². The highest BCUT2D eigenvalue weighted by Gasteiger charge is 2.25. The van der Waals surface area contributed by atoms with Gasteiger partial charge in [0, 0.05) is 18.7 Å². The fourth-order valence-electron chi connectivity index (χ4n) is 1.42. The Morgan fingerprint density at radius 3 is 3.15 bits per heavy atom. The predicted molar refractivity (Wildman–Crippen MR) is 50.1 cm³/mol. The second kappa shape index (κ2) is 3.55. The quantitative estimate of drug-likeness (QED) is 0.677. The van der Waals surface area contributed by atoms with Crippen molar-refractivity contribution in [1.29, 1.82) is 0 Å². The van der Waals surface area contributed by atoms with Crippen LogP contribution >= 0.6 is 11.3 Å². The Hall–Kier alpha value is -0.740. The summed E-state index contributed by atoms with van der Waals surface area (Å²) in [5.74, 6) is 0.267. The van der Waals surface area contributed by atoms with E-state index < -0.39 is 0 Å². The molecule has 0 aromatic carbocycles. The summed E-state index contributed by atoms with van der Waals surface area (Å²) in [6, 6.07) is 0. The van der Waals surface area contributed by atoms with Crippen molar-refractivity contribution in [2.75, 3.05) is 13.2 Å². The Morgan fingerprint density at radius 2 is 2.62 bits per heavy atom. The third-order valence-corrected chi connectivity index (χ3v) is 3.09. The van der Waals surface area contributed by atoms with E-state index in [9.17, 15) is 4.79 Å². The summed E-state index contributed by atoms with van der Waals surface area (Å²) in [5.41, 5.74) is 0. The van der Waals surface area contributed by atoms with Crippen molar-refractivity contribution >= 4 is 17.1 Å². The molecule has 3 nitrogen and oxygen atoms in total. The van der Waals surface area contributed by atoms with E-state index in [1.807, 2.05) is 6.92 Å². The highest BCUT2D eigenvalue weighted by molar-refractivity contribution is 7.13. The number of hydrogen-bond acceptors (Lipinski definition) is 4. The average molecular weight is 197 g/mol. The SMILES string of the molecule is Cc1ncc(C(=O)C2CCOC2)s1. The van der Waals surface area contributed by atoms with Gasteiger partial charge in [-0.05, 0) is 13.3 Å². The number of Topliss-reactive ketones (excluding diaryl/α,β-unsaturated/α-hetero) is 1. The van der Waals surface area contributed by atoms with Gasteiger partial charge < -0.3 is 4.74 Å². The molecule has 0 bridgehead atoms. The topological polar surface area (TPSA) is 39.2 Å². The molecule has 70 valence electrons. The first-order valence-electron chi connectivity index (χ1n) is 4.32. The van der Waals surface area contributed by atoms with Crippen LogP contribution in [0.25, 0.3) is 0 Å². The van der Waals surface area contributed by atoms with Crippen molar-refractivity contribution in [3.05, 3.63) is 16.1 Å². The summed E-state index contributed by atoms with van der Waals surface area (Å²) in [6.45, 7) is 3.20. The van der Waals surface area contributed by atoms with Crippen LogP contribution in [0.4, 0.5) is 0 Å². The summed E-state index contributed by atoms with van der Waals surface area (Å²) in [4.78, 5) is 16.6. The summed E-state index contributed by atoms with van der Waals surface area (Å²) < 4.78 is 5.17. The van der Waals surface area contributed by atoms with Crippen molar-refractivity contribution in [2.45, 2.75) is 13.3 Å². The molecule has 0 saturated carbocycles. The van der Waals surface area contributed by atoms with Gasteiger partial charge in [0.2, 0.25) is 0 Å². The zero-order valence-corrected chi connectivity index (χ0v) is 8.26. The lowest BCUT2D eigenvalue weighted by Gasteiger charge is -2.01. The zero-order chi connectivity index (χ0) is 9.26. The monoisotopic (exact) mass is 197 g/mol. The molecule has 1 atom stereocenters. The summed E-state index contributed by atoms with van der Waals surface area (Å²) >= 11 is 1.47. The van der Waals surface area contributed by atoms with Crippen LogP contribution in [0, 0.1) is 12.8 Å². The Morgan fingerprint density at radius 1 is 1.77 bits per heavy atom. The predicted octanol–water partition coefficient (Wildman–Crippen LogP) is 1.67. The molecule has 1 aliphatic rings. The van der Waals surface area contributed by atoms with E-state index in [1.54, 1.807) is 6.20 Å². The maximum Gasteiger partial charge on any atom is 0.179 e. The minimum Gasteiger partial charge on any atom is -0.381 e. The van der Waals surface area contributed by atoms with E-state index in [4.69, 9.17) is 4.74 Å². The van der Waals surface area contributed by atoms with E-state index in [0.717, 1.165) is 16.3 Å². The van der Waals surface area contributed by atoms with Crippen LogP contribution in [0.1, 0.15) is 21.1 Å². The van der Waals surface area contributed by atoms with Crippen molar-refractivity contribution in [2.24, 2.45) is 5.92 Å². The van der Waals surface area contributed by atoms with Gasteiger partial charge in [0.05, 0.1) is 16.5 Å². The second-order valence-corrected chi connectivity index (χ2v) is 4.40. The van der Waals surface area contributed by atoms with Crippen molar-refractivity contribution in [3.8, 4) is 0 Å². The number of hydrogen-bond donors (Lipinski definition) is 0. The molecular formula is C9H11NO2S. The lowest BCUT2D eigenvalue weighted by Crippen LogP contribution is -2.12. The maximum atomic E-state index is 11.8. The molecule has 0 spiro atoms. The van der Waals surface area contributed by atoms with Crippen LogP contribution in [0.3, 0.4) is 0 Å². The van der Waals surface area contributed by atoms with Crippen LogP contribution < -0.4 is 0 Å². The highest BCUT2D eigenvalue weighted by atomic mass is 32.1. The Balaban J connectivity index is 2.12. The van der Waals surface area contributed by atoms with Gasteiger partial charge in [0.25, 0.3) is 0 Å². The van der Waals surface area contributed by atoms with E-state index >= 15 is 0 Å². The van der Waals surface area contributed by atoms with Crippen LogP contribution in [0.5, 0.6) is 0 Å². The standard InChI is InChI=1S/C9H11NO2S/c1-6-10-4-8(13-6)9(11)7-2-3-12-5-7/h4,7H,2-3,5H2,1H3. The van der Waals surface area contributed by atoms with Crippen LogP contribution in [-0.2, 0) is 4.74 Å². The second-order valence-electron chi connectivity index (χ2n) is 3.17. The molecule has 0 aliphatic carbocycles. The smallest absolute Gasteiger partial charge is 0.179 e.